The van der Waals surface area contributed by atoms with Gasteiger partial charge in [-0.25, -0.2) is 4.79 Å². The van der Waals surface area contributed by atoms with Crippen LogP contribution in [0.2, 0.25) is 0 Å². The lowest BCUT2D eigenvalue weighted by atomic mass is 10.1. The molecule has 1 fully saturated rings. The molecule has 1 N–H and O–H groups in total. The quantitative estimate of drug-likeness (QED) is 0.743. The van der Waals surface area contributed by atoms with Crippen LogP contribution < -0.4 is 10.2 Å². The molecule has 2 unspecified atom stereocenters. The smallest absolute Gasteiger partial charge is 0.337 e. The zero-order valence-electron chi connectivity index (χ0n) is 18.2. The molecule has 0 bridgehead atoms. The average molecular weight is 410 g/mol. The highest BCUT2D eigenvalue weighted by atomic mass is 16.5. The minimum absolute atomic E-state index is 0.0540. The lowest BCUT2D eigenvalue weighted by molar-refractivity contribution is -0.127. The number of esters is 1. The first-order valence-corrected chi connectivity index (χ1v) is 10.4. The van der Waals surface area contributed by atoms with E-state index in [1.54, 1.807) is 12.1 Å². The summed E-state index contributed by atoms with van der Waals surface area (Å²) in [6, 6.07) is 15.7. The van der Waals surface area contributed by atoms with E-state index in [0.717, 1.165) is 30.9 Å². The van der Waals surface area contributed by atoms with E-state index in [1.165, 1.54) is 12.7 Å². The molecule has 0 aliphatic carbocycles. The van der Waals surface area contributed by atoms with E-state index >= 15 is 0 Å². The van der Waals surface area contributed by atoms with Gasteiger partial charge < -0.3 is 15.0 Å². The number of benzene rings is 2. The molecule has 6 heteroatoms. The van der Waals surface area contributed by atoms with Crippen LogP contribution in [0.25, 0.3) is 0 Å². The third kappa shape index (κ3) is 5.19. The molecule has 2 aromatic rings. The van der Waals surface area contributed by atoms with Crippen LogP contribution in [-0.2, 0) is 16.1 Å². The van der Waals surface area contributed by atoms with Crippen molar-refractivity contribution in [3.8, 4) is 0 Å². The summed E-state index contributed by atoms with van der Waals surface area (Å²) < 4.78 is 4.76. The maximum atomic E-state index is 12.7. The summed E-state index contributed by atoms with van der Waals surface area (Å²) in [6.07, 6.45) is 0. The molecule has 2 atom stereocenters. The van der Waals surface area contributed by atoms with Crippen molar-refractivity contribution in [3.63, 3.8) is 0 Å². The molecule has 30 heavy (non-hydrogen) atoms. The number of methoxy groups -OCH3 is 1. The van der Waals surface area contributed by atoms with Crippen molar-refractivity contribution in [1.29, 1.82) is 0 Å². The van der Waals surface area contributed by atoms with E-state index in [-0.39, 0.29) is 24.0 Å². The number of nitrogens with zero attached hydrogens (tertiary/aromatic N) is 2. The number of carbonyl (C=O) groups excluding carboxylic acids is 2. The van der Waals surface area contributed by atoms with E-state index in [0.29, 0.717) is 12.1 Å². The number of piperazine rings is 1. The van der Waals surface area contributed by atoms with Gasteiger partial charge in [-0.1, -0.05) is 29.8 Å². The number of anilines is 1. The van der Waals surface area contributed by atoms with Gasteiger partial charge in [0.1, 0.15) is 0 Å². The third-order valence-corrected chi connectivity index (χ3v) is 5.80. The highest BCUT2D eigenvalue weighted by Crippen LogP contribution is 2.21. The Kier molecular flexibility index (Phi) is 7.11. The average Bonchev–Trinajstić information content (AvgIpc) is 2.77. The van der Waals surface area contributed by atoms with Gasteiger partial charge in [-0.15, -0.1) is 0 Å². The van der Waals surface area contributed by atoms with Crippen molar-refractivity contribution in [2.75, 3.05) is 31.6 Å². The first kappa shape index (κ1) is 21.8. The van der Waals surface area contributed by atoms with Gasteiger partial charge in [0.05, 0.1) is 18.7 Å². The van der Waals surface area contributed by atoms with E-state index in [2.05, 4.69) is 41.1 Å². The zero-order chi connectivity index (χ0) is 21.7. The van der Waals surface area contributed by atoms with E-state index in [9.17, 15) is 9.59 Å². The van der Waals surface area contributed by atoms with Crippen LogP contribution in [0, 0.1) is 6.92 Å². The van der Waals surface area contributed by atoms with E-state index in [4.69, 9.17) is 4.74 Å². The molecule has 1 aliphatic rings. The van der Waals surface area contributed by atoms with E-state index in [1.807, 2.05) is 31.2 Å². The molecule has 0 radical (unpaired) electrons. The molecule has 3 rings (SSSR count). The number of carbonyl (C=O) groups is 2. The Hall–Kier alpha value is -2.86. The fraction of sp³-hybridized carbons (Fsp3) is 0.417. The highest BCUT2D eigenvalue weighted by Gasteiger charge is 2.30. The number of aryl methyl sites for hydroxylation is 1. The number of nitrogens with one attached hydrogen (secondary N) is 1. The Morgan fingerprint density at radius 2 is 1.77 bits per heavy atom. The lowest BCUT2D eigenvalue weighted by Crippen LogP contribution is -2.58. The predicted molar refractivity (Wildman–Crippen MR) is 119 cm³/mol. The predicted octanol–water partition coefficient (Wildman–Crippen LogP) is 3.00. The minimum atomic E-state index is -0.329. The van der Waals surface area contributed by atoms with Gasteiger partial charge in [-0.2, -0.15) is 0 Å². The third-order valence-electron chi connectivity index (χ3n) is 5.80. The Balaban J connectivity index is 1.54. The lowest BCUT2D eigenvalue weighted by Gasteiger charge is -2.43. The molecule has 1 amide bonds. The van der Waals surface area contributed by atoms with Gasteiger partial charge in [0, 0.05) is 37.9 Å². The molecule has 1 aliphatic heterocycles. The van der Waals surface area contributed by atoms with Crippen LogP contribution in [0.1, 0.15) is 35.3 Å². The maximum Gasteiger partial charge on any atom is 0.337 e. The Morgan fingerprint density at radius 1 is 1.10 bits per heavy atom. The number of amides is 1. The van der Waals surface area contributed by atoms with Crippen LogP contribution in [0.4, 0.5) is 5.69 Å². The van der Waals surface area contributed by atoms with Crippen molar-refractivity contribution in [1.82, 2.24) is 10.2 Å². The topological polar surface area (TPSA) is 61.9 Å². The molecule has 6 nitrogen and oxygen atoms in total. The van der Waals surface area contributed by atoms with Crippen LogP contribution in [0.3, 0.4) is 0 Å². The summed E-state index contributed by atoms with van der Waals surface area (Å²) in [5.41, 5.74) is 3.94. The monoisotopic (exact) mass is 409 g/mol. The normalized spacial score (nSPS) is 18.0. The summed E-state index contributed by atoms with van der Waals surface area (Å²) in [6.45, 7) is 9.19. The standard InChI is InChI=1S/C24H31N3O3/c1-17-5-7-20(8-6-17)15-25-23(28)19(3)27-14-13-26(16-18(27)2)22-11-9-21(10-12-22)24(29)30-4/h5-12,18-19H,13-16H2,1-4H3,(H,25,28). The summed E-state index contributed by atoms with van der Waals surface area (Å²) >= 11 is 0. The molecule has 0 saturated carbocycles. The van der Waals surface area contributed by atoms with Crippen molar-refractivity contribution in [3.05, 3.63) is 65.2 Å². The first-order chi connectivity index (χ1) is 14.4. The number of ether oxygens (including phenoxy) is 1. The molecule has 0 spiro atoms. The second-order valence-electron chi connectivity index (χ2n) is 7.95. The largest absolute Gasteiger partial charge is 0.465 e. The summed E-state index contributed by atoms with van der Waals surface area (Å²) in [5.74, 6) is -0.275. The Bertz CT molecular complexity index is 864. The van der Waals surface area contributed by atoms with Crippen LogP contribution in [-0.4, -0.2) is 55.6 Å². The van der Waals surface area contributed by atoms with Gasteiger partial charge in [0.25, 0.3) is 0 Å². The van der Waals surface area contributed by atoms with Gasteiger partial charge in [0.15, 0.2) is 0 Å². The second kappa shape index (κ2) is 9.76. The van der Waals surface area contributed by atoms with Gasteiger partial charge in [-0.3, -0.25) is 9.69 Å². The van der Waals surface area contributed by atoms with Crippen LogP contribution in [0.15, 0.2) is 48.5 Å². The van der Waals surface area contributed by atoms with Gasteiger partial charge >= 0.3 is 5.97 Å². The Labute approximate surface area is 178 Å². The molecule has 160 valence electrons. The second-order valence-corrected chi connectivity index (χ2v) is 7.95. The van der Waals surface area contributed by atoms with Crippen molar-refractivity contribution >= 4 is 17.6 Å². The number of hydrogen-bond donors (Lipinski definition) is 1. The molecule has 1 saturated heterocycles. The minimum Gasteiger partial charge on any atom is -0.465 e. The summed E-state index contributed by atoms with van der Waals surface area (Å²) in [4.78, 5) is 28.9. The van der Waals surface area contributed by atoms with E-state index < -0.39 is 0 Å². The number of rotatable bonds is 6. The fourth-order valence-corrected chi connectivity index (χ4v) is 3.90. The van der Waals surface area contributed by atoms with Crippen molar-refractivity contribution in [2.24, 2.45) is 0 Å². The van der Waals surface area contributed by atoms with Gasteiger partial charge in [-0.05, 0) is 50.6 Å². The van der Waals surface area contributed by atoms with Crippen LogP contribution in [0.5, 0.6) is 0 Å². The number of hydrogen-bond acceptors (Lipinski definition) is 5. The van der Waals surface area contributed by atoms with Crippen LogP contribution >= 0.6 is 0 Å². The maximum absolute atomic E-state index is 12.7. The van der Waals surface area contributed by atoms with Crippen molar-refractivity contribution < 1.29 is 14.3 Å². The molecule has 2 aromatic carbocycles. The molecule has 0 aromatic heterocycles. The zero-order valence-corrected chi connectivity index (χ0v) is 18.2. The van der Waals surface area contributed by atoms with Gasteiger partial charge in [0.2, 0.25) is 5.91 Å². The summed E-state index contributed by atoms with van der Waals surface area (Å²) in [7, 11) is 1.38. The summed E-state index contributed by atoms with van der Waals surface area (Å²) in [5, 5.41) is 3.06. The fourth-order valence-electron chi connectivity index (χ4n) is 3.90. The molecule has 1 heterocycles. The highest BCUT2D eigenvalue weighted by molar-refractivity contribution is 5.89. The van der Waals surface area contributed by atoms with Crippen molar-refractivity contribution in [2.45, 2.75) is 39.4 Å². The Morgan fingerprint density at radius 3 is 2.37 bits per heavy atom. The molecular formula is C24H31N3O3. The molecular weight excluding hydrogens is 378 g/mol. The SMILES string of the molecule is COC(=O)c1ccc(N2CCN(C(C)C(=O)NCc3ccc(C)cc3)C(C)C2)cc1. The first-order valence-electron chi connectivity index (χ1n) is 10.4.